The number of carbonyl (C=O) groups is 2. The summed E-state index contributed by atoms with van der Waals surface area (Å²) in [6.07, 6.45) is 0.374. The third-order valence-corrected chi connectivity index (χ3v) is 4.00. The van der Waals surface area contributed by atoms with E-state index in [0.29, 0.717) is 22.6 Å². The van der Waals surface area contributed by atoms with Gasteiger partial charge in [0.15, 0.2) is 0 Å². The molecule has 0 aliphatic carbocycles. The Bertz CT molecular complexity index is 753. The van der Waals surface area contributed by atoms with Crippen LogP contribution in [-0.2, 0) is 11.2 Å². The first-order valence-electron chi connectivity index (χ1n) is 7.20. The average molecular weight is 369 g/mol. The van der Waals surface area contributed by atoms with Crippen molar-refractivity contribution < 1.29 is 14.0 Å². The zero-order chi connectivity index (χ0) is 17.5. The van der Waals surface area contributed by atoms with Crippen molar-refractivity contribution >= 4 is 35.0 Å². The van der Waals surface area contributed by atoms with Gasteiger partial charge in [-0.15, -0.1) is 0 Å². The molecule has 0 aliphatic rings. The van der Waals surface area contributed by atoms with Gasteiger partial charge in [0.2, 0.25) is 5.91 Å². The number of rotatable bonds is 6. The van der Waals surface area contributed by atoms with Gasteiger partial charge >= 0.3 is 0 Å². The summed E-state index contributed by atoms with van der Waals surface area (Å²) >= 11 is 11.6. The Balaban J connectivity index is 1.75. The fraction of sp³-hybridized carbons (Fsp3) is 0.176. The maximum atomic E-state index is 13.4. The van der Waals surface area contributed by atoms with Crippen LogP contribution in [0.3, 0.4) is 0 Å². The van der Waals surface area contributed by atoms with Crippen LogP contribution in [0.25, 0.3) is 0 Å². The molecule has 4 nitrogen and oxygen atoms in total. The zero-order valence-electron chi connectivity index (χ0n) is 12.6. The van der Waals surface area contributed by atoms with E-state index in [-0.39, 0.29) is 29.8 Å². The van der Waals surface area contributed by atoms with Crippen molar-refractivity contribution in [2.45, 2.75) is 6.42 Å². The first-order chi connectivity index (χ1) is 11.5. The third kappa shape index (κ3) is 5.22. The van der Waals surface area contributed by atoms with E-state index < -0.39 is 5.91 Å². The van der Waals surface area contributed by atoms with Crippen molar-refractivity contribution in [3.63, 3.8) is 0 Å². The van der Waals surface area contributed by atoms with Gasteiger partial charge in [-0.3, -0.25) is 9.59 Å². The van der Waals surface area contributed by atoms with Gasteiger partial charge in [-0.2, -0.15) is 0 Å². The van der Waals surface area contributed by atoms with Crippen LogP contribution in [0, 0.1) is 5.82 Å². The molecule has 0 saturated heterocycles. The van der Waals surface area contributed by atoms with E-state index in [0.717, 1.165) is 0 Å². The van der Waals surface area contributed by atoms with Crippen molar-refractivity contribution in [1.82, 2.24) is 10.6 Å². The molecule has 0 atom stereocenters. The van der Waals surface area contributed by atoms with E-state index in [1.54, 1.807) is 18.2 Å². The van der Waals surface area contributed by atoms with Crippen LogP contribution in [0.5, 0.6) is 0 Å². The Morgan fingerprint density at radius 3 is 2.46 bits per heavy atom. The molecule has 24 heavy (non-hydrogen) atoms. The van der Waals surface area contributed by atoms with Crippen LogP contribution in [0.15, 0.2) is 42.5 Å². The molecule has 0 spiro atoms. The van der Waals surface area contributed by atoms with Gasteiger partial charge in [-0.25, -0.2) is 4.39 Å². The second kappa shape index (κ2) is 8.66. The smallest absolute Gasteiger partial charge is 0.251 e. The highest BCUT2D eigenvalue weighted by atomic mass is 35.5. The standard InChI is InChI=1S/C17H15Cl2FN2O2/c18-13-6-5-12(9-14(13)19)17(24)22-10-16(23)21-8-7-11-3-1-2-4-15(11)20/h1-6,9H,7-8,10H2,(H,21,23)(H,22,24). The molecule has 7 heteroatoms. The van der Waals surface area contributed by atoms with Gasteiger partial charge in [0.1, 0.15) is 5.82 Å². The van der Waals surface area contributed by atoms with E-state index in [1.165, 1.54) is 24.3 Å². The summed E-state index contributed by atoms with van der Waals surface area (Å²) in [6, 6.07) is 10.8. The van der Waals surface area contributed by atoms with Gasteiger partial charge in [0.05, 0.1) is 16.6 Å². The van der Waals surface area contributed by atoms with E-state index in [9.17, 15) is 14.0 Å². The molecule has 0 unspecified atom stereocenters. The summed E-state index contributed by atoms with van der Waals surface area (Å²) in [4.78, 5) is 23.6. The number of hydrogen-bond acceptors (Lipinski definition) is 2. The summed E-state index contributed by atoms with van der Waals surface area (Å²) in [5.41, 5.74) is 0.834. The van der Waals surface area contributed by atoms with Crippen LogP contribution >= 0.6 is 23.2 Å². The summed E-state index contributed by atoms with van der Waals surface area (Å²) < 4.78 is 13.4. The molecule has 2 aromatic carbocycles. The van der Waals surface area contributed by atoms with Crippen molar-refractivity contribution in [2.75, 3.05) is 13.1 Å². The van der Waals surface area contributed by atoms with Crippen molar-refractivity contribution in [3.05, 3.63) is 69.5 Å². The molecule has 0 saturated carbocycles. The van der Waals surface area contributed by atoms with Gasteiger partial charge in [0.25, 0.3) is 5.91 Å². The van der Waals surface area contributed by atoms with Crippen LogP contribution in [0.4, 0.5) is 4.39 Å². The van der Waals surface area contributed by atoms with Crippen LogP contribution < -0.4 is 10.6 Å². The molecule has 2 amide bonds. The second-order valence-corrected chi connectivity index (χ2v) is 5.82. The van der Waals surface area contributed by atoms with Gasteiger partial charge in [-0.05, 0) is 36.2 Å². The molecule has 2 aromatic rings. The molecule has 0 aliphatic heterocycles. The highest BCUT2D eigenvalue weighted by molar-refractivity contribution is 6.42. The molecule has 0 heterocycles. The lowest BCUT2D eigenvalue weighted by molar-refractivity contribution is -0.120. The molecule has 0 bridgehead atoms. The largest absolute Gasteiger partial charge is 0.354 e. The van der Waals surface area contributed by atoms with E-state index in [2.05, 4.69) is 10.6 Å². The third-order valence-electron chi connectivity index (χ3n) is 3.27. The maximum Gasteiger partial charge on any atom is 0.251 e. The molecular formula is C17H15Cl2FN2O2. The van der Waals surface area contributed by atoms with Gasteiger partial charge < -0.3 is 10.6 Å². The fourth-order valence-corrected chi connectivity index (χ4v) is 2.30. The number of halogens is 3. The minimum Gasteiger partial charge on any atom is -0.354 e. The minimum absolute atomic E-state index is 0.184. The van der Waals surface area contributed by atoms with Crippen molar-refractivity contribution in [2.24, 2.45) is 0 Å². The SMILES string of the molecule is O=C(CNC(=O)c1ccc(Cl)c(Cl)c1)NCCc1ccccc1F. The topological polar surface area (TPSA) is 58.2 Å². The number of benzene rings is 2. The first kappa shape index (κ1) is 18.2. The predicted octanol–water partition coefficient (Wildman–Crippen LogP) is 3.22. The monoisotopic (exact) mass is 368 g/mol. The Hall–Kier alpha value is -2.11. The molecule has 0 aromatic heterocycles. The second-order valence-electron chi connectivity index (χ2n) is 5.00. The van der Waals surface area contributed by atoms with Crippen LogP contribution in [-0.4, -0.2) is 24.9 Å². The number of hydrogen-bond donors (Lipinski definition) is 2. The minimum atomic E-state index is -0.433. The van der Waals surface area contributed by atoms with E-state index in [4.69, 9.17) is 23.2 Å². The predicted molar refractivity (Wildman–Crippen MR) is 91.9 cm³/mol. The Morgan fingerprint density at radius 2 is 1.75 bits per heavy atom. The summed E-state index contributed by atoms with van der Waals surface area (Å²) in [5, 5.41) is 5.71. The van der Waals surface area contributed by atoms with Crippen molar-refractivity contribution in [3.8, 4) is 0 Å². The average Bonchev–Trinajstić information content (AvgIpc) is 2.57. The summed E-state index contributed by atoms with van der Waals surface area (Å²) in [5.74, 6) is -1.10. The Morgan fingerprint density at radius 1 is 1.00 bits per heavy atom. The van der Waals surface area contributed by atoms with E-state index in [1.807, 2.05) is 0 Å². The molecular weight excluding hydrogens is 354 g/mol. The van der Waals surface area contributed by atoms with Gasteiger partial charge in [-0.1, -0.05) is 41.4 Å². The molecule has 0 fully saturated rings. The molecule has 2 rings (SSSR count). The lowest BCUT2D eigenvalue weighted by Crippen LogP contribution is -2.37. The lowest BCUT2D eigenvalue weighted by atomic mass is 10.1. The van der Waals surface area contributed by atoms with Crippen LogP contribution in [0.2, 0.25) is 10.0 Å². The van der Waals surface area contributed by atoms with Gasteiger partial charge in [0, 0.05) is 12.1 Å². The van der Waals surface area contributed by atoms with Crippen LogP contribution in [0.1, 0.15) is 15.9 Å². The van der Waals surface area contributed by atoms with Crippen molar-refractivity contribution in [1.29, 1.82) is 0 Å². The highest BCUT2D eigenvalue weighted by Crippen LogP contribution is 2.22. The molecule has 0 radical (unpaired) electrons. The van der Waals surface area contributed by atoms with E-state index >= 15 is 0 Å². The quantitative estimate of drug-likeness (QED) is 0.822. The fourth-order valence-electron chi connectivity index (χ4n) is 2.00. The summed E-state index contributed by atoms with van der Waals surface area (Å²) in [6.45, 7) is 0.0960. The number of amides is 2. The first-order valence-corrected chi connectivity index (χ1v) is 7.96. The highest BCUT2D eigenvalue weighted by Gasteiger charge is 2.10. The molecule has 126 valence electrons. The zero-order valence-corrected chi connectivity index (χ0v) is 14.1. The summed E-state index contributed by atoms with van der Waals surface area (Å²) in [7, 11) is 0. The Labute approximate surface area is 149 Å². The lowest BCUT2D eigenvalue weighted by Gasteiger charge is -2.08. The Kier molecular flexibility index (Phi) is 6.58. The maximum absolute atomic E-state index is 13.4. The number of carbonyl (C=O) groups excluding carboxylic acids is 2. The molecule has 2 N–H and O–H groups in total. The number of nitrogens with one attached hydrogen (secondary N) is 2. The normalized spacial score (nSPS) is 10.3.